The van der Waals surface area contributed by atoms with Gasteiger partial charge in [-0.2, -0.15) is 0 Å². The number of benzene rings is 1. The summed E-state index contributed by atoms with van der Waals surface area (Å²) in [4.78, 5) is 44.7. The van der Waals surface area contributed by atoms with Crippen molar-refractivity contribution in [2.45, 2.75) is 118 Å². The average Bonchev–Trinajstić information content (AvgIpc) is 3.32. The van der Waals surface area contributed by atoms with Crippen molar-refractivity contribution in [3.63, 3.8) is 0 Å². The predicted octanol–water partition coefficient (Wildman–Crippen LogP) is 2.40. The molecule has 2 fully saturated rings. The zero-order valence-electron chi connectivity index (χ0n) is 30.0. The third-order valence-electron chi connectivity index (χ3n) is 9.36. The molecule has 51 heavy (non-hydrogen) atoms. The standard InChI is InChI=1S/C36H55FN4O9S/c1-22(51-25-11-9-24(10-12-25)34(46)40-17-19-48-20-18-40)28(32-31(44)30(43)29(42)27(21-38)49-32)39-33(45)26-13-8-23(7-5-6-15-37)14-16-41(26)35(47)50-36(2,3)4/h8-12,22,26-32,42-44H,5-7,13-21,38H2,1-4H3,(H,39,45). The molecule has 8 atom stereocenters. The Bertz CT molecular complexity index is 1340. The van der Waals surface area contributed by atoms with Gasteiger partial charge in [0.15, 0.2) is 0 Å². The summed E-state index contributed by atoms with van der Waals surface area (Å²) in [5.74, 6) is -0.614. The van der Waals surface area contributed by atoms with E-state index in [9.17, 15) is 34.1 Å². The second kappa shape index (κ2) is 18.8. The molecular weight excluding hydrogens is 683 g/mol. The molecule has 2 saturated heterocycles. The number of thioether (sulfide) groups is 1. The van der Waals surface area contributed by atoms with E-state index in [1.807, 2.05) is 13.0 Å². The average molecular weight is 739 g/mol. The van der Waals surface area contributed by atoms with E-state index in [-0.39, 0.29) is 25.4 Å². The van der Waals surface area contributed by atoms with Crippen LogP contribution in [0.25, 0.3) is 0 Å². The molecular formula is C36H55FN4O9S. The van der Waals surface area contributed by atoms with Crippen LogP contribution in [0.4, 0.5) is 9.18 Å². The Kier molecular flexibility index (Phi) is 15.1. The van der Waals surface area contributed by atoms with Gasteiger partial charge in [0.1, 0.15) is 36.1 Å². The number of carbonyl (C=O) groups is 3. The molecule has 1 aromatic carbocycles. The topological polar surface area (TPSA) is 184 Å². The Hall–Kier alpha value is -2.79. The zero-order valence-corrected chi connectivity index (χ0v) is 30.9. The summed E-state index contributed by atoms with van der Waals surface area (Å²) in [6, 6.07) is 5.15. The quantitative estimate of drug-likeness (QED) is 0.121. The Balaban J connectivity index is 1.60. The molecule has 3 heterocycles. The smallest absolute Gasteiger partial charge is 0.410 e. The molecule has 3 amide bonds. The van der Waals surface area contributed by atoms with Gasteiger partial charge in [-0.1, -0.05) is 18.6 Å². The summed E-state index contributed by atoms with van der Waals surface area (Å²) in [6.07, 6.45) is -3.12. The molecule has 0 spiro atoms. The molecule has 0 bridgehead atoms. The third-order valence-corrected chi connectivity index (χ3v) is 10.6. The number of aliphatic hydroxyl groups excluding tert-OH is 3. The highest BCUT2D eigenvalue weighted by Gasteiger charge is 2.48. The summed E-state index contributed by atoms with van der Waals surface area (Å²) in [7, 11) is 0. The summed E-state index contributed by atoms with van der Waals surface area (Å²) in [5, 5.41) is 35.0. The minimum absolute atomic E-state index is 0.0929. The van der Waals surface area contributed by atoms with Crippen molar-refractivity contribution in [2.24, 2.45) is 5.73 Å². The van der Waals surface area contributed by atoms with Gasteiger partial charge in [-0.15, -0.1) is 11.8 Å². The normalized spacial score (nSPS) is 27.2. The number of carbonyl (C=O) groups excluding carboxylic acids is 3. The summed E-state index contributed by atoms with van der Waals surface area (Å²) in [5.41, 5.74) is 6.60. The molecule has 13 nitrogen and oxygen atoms in total. The number of hydrogen-bond acceptors (Lipinski definition) is 11. The number of rotatable bonds is 12. The van der Waals surface area contributed by atoms with Crippen LogP contribution in [0.2, 0.25) is 0 Å². The molecule has 4 rings (SSSR count). The van der Waals surface area contributed by atoms with E-state index in [1.165, 1.54) is 16.7 Å². The molecule has 0 aromatic heterocycles. The highest BCUT2D eigenvalue weighted by atomic mass is 32.2. The second-order valence-corrected chi connectivity index (χ2v) is 15.8. The molecule has 1 aromatic rings. The Morgan fingerprint density at radius 1 is 1.06 bits per heavy atom. The Labute approximate surface area is 304 Å². The fourth-order valence-corrected chi connectivity index (χ4v) is 7.59. The molecule has 0 saturated carbocycles. The number of ether oxygens (including phenoxy) is 3. The number of nitrogens with one attached hydrogen (secondary N) is 1. The number of amides is 3. The first-order valence-electron chi connectivity index (χ1n) is 17.8. The van der Waals surface area contributed by atoms with Gasteiger partial charge in [-0.25, -0.2) is 4.79 Å². The van der Waals surface area contributed by atoms with Crippen LogP contribution in [-0.4, -0.2) is 143 Å². The molecule has 15 heteroatoms. The highest BCUT2D eigenvalue weighted by Crippen LogP contribution is 2.33. The lowest BCUT2D eigenvalue weighted by Crippen LogP contribution is -2.67. The van der Waals surface area contributed by atoms with E-state index in [1.54, 1.807) is 49.9 Å². The Morgan fingerprint density at radius 2 is 1.75 bits per heavy atom. The van der Waals surface area contributed by atoms with Crippen molar-refractivity contribution in [2.75, 3.05) is 46.1 Å². The van der Waals surface area contributed by atoms with Crippen molar-refractivity contribution in [1.82, 2.24) is 15.1 Å². The highest BCUT2D eigenvalue weighted by molar-refractivity contribution is 8.00. The van der Waals surface area contributed by atoms with E-state index in [0.717, 1.165) is 10.5 Å². The number of unbranched alkanes of at least 4 members (excludes halogenated alkanes) is 1. The van der Waals surface area contributed by atoms with Gasteiger partial charge in [0.2, 0.25) is 5.91 Å². The lowest BCUT2D eigenvalue weighted by Gasteiger charge is -2.45. The van der Waals surface area contributed by atoms with Gasteiger partial charge in [0.05, 0.1) is 32.0 Å². The van der Waals surface area contributed by atoms with Crippen LogP contribution in [0.1, 0.15) is 70.2 Å². The maximum absolute atomic E-state index is 14.3. The molecule has 0 aliphatic carbocycles. The van der Waals surface area contributed by atoms with Crippen molar-refractivity contribution >= 4 is 29.7 Å². The van der Waals surface area contributed by atoms with Gasteiger partial charge < -0.3 is 45.5 Å². The number of halogens is 1. The molecule has 8 unspecified atom stereocenters. The summed E-state index contributed by atoms with van der Waals surface area (Å²) >= 11 is 1.36. The van der Waals surface area contributed by atoms with Crippen molar-refractivity contribution in [1.29, 1.82) is 0 Å². The number of aliphatic hydroxyl groups is 3. The van der Waals surface area contributed by atoms with Crippen LogP contribution in [0, 0.1) is 0 Å². The lowest BCUT2D eigenvalue weighted by atomic mass is 9.89. The number of hydrogen-bond donors (Lipinski definition) is 5. The first-order chi connectivity index (χ1) is 24.2. The van der Waals surface area contributed by atoms with E-state index in [0.29, 0.717) is 57.6 Å². The third kappa shape index (κ3) is 11.1. The molecule has 0 radical (unpaired) electrons. The maximum atomic E-state index is 14.3. The van der Waals surface area contributed by atoms with Crippen LogP contribution in [0.5, 0.6) is 0 Å². The SMILES string of the molecule is CC(Sc1ccc(C(=O)N2CCOCC2)cc1)C(NC(=O)C1CC=C(CCCCF)CCN1C(=O)OC(C)(C)C)C1OC(CN)C(O)C(O)C1O. The van der Waals surface area contributed by atoms with Crippen LogP contribution >= 0.6 is 11.8 Å². The van der Waals surface area contributed by atoms with Crippen LogP contribution in [0.3, 0.4) is 0 Å². The fraction of sp³-hybridized carbons (Fsp3) is 0.694. The maximum Gasteiger partial charge on any atom is 0.410 e. The van der Waals surface area contributed by atoms with Crippen molar-refractivity contribution in [3.8, 4) is 0 Å². The van der Waals surface area contributed by atoms with Gasteiger partial charge >= 0.3 is 6.09 Å². The monoisotopic (exact) mass is 738 g/mol. The fourth-order valence-electron chi connectivity index (χ4n) is 6.50. The van der Waals surface area contributed by atoms with Gasteiger partial charge in [-0.3, -0.25) is 18.9 Å². The number of morpholine rings is 1. The van der Waals surface area contributed by atoms with Crippen molar-refractivity contribution < 1.29 is 48.3 Å². The largest absolute Gasteiger partial charge is 0.444 e. The van der Waals surface area contributed by atoms with E-state index in [2.05, 4.69) is 5.32 Å². The number of nitrogens with zero attached hydrogens (tertiary/aromatic N) is 2. The summed E-state index contributed by atoms with van der Waals surface area (Å²) in [6.45, 7) is 8.73. The van der Waals surface area contributed by atoms with E-state index >= 15 is 0 Å². The molecule has 286 valence electrons. The van der Waals surface area contributed by atoms with Crippen LogP contribution in [-0.2, 0) is 19.0 Å². The number of alkyl halides is 1. The molecule has 3 aliphatic rings. The number of nitrogens with two attached hydrogens (primary N) is 1. The van der Waals surface area contributed by atoms with Crippen molar-refractivity contribution in [3.05, 3.63) is 41.5 Å². The first kappa shape index (κ1) is 41.0. The minimum atomic E-state index is -1.59. The van der Waals surface area contributed by atoms with Gasteiger partial charge in [0, 0.05) is 41.9 Å². The zero-order chi connectivity index (χ0) is 37.3. The van der Waals surface area contributed by atoms with Crippen LogP contribution in [0.15, 0.2) is 40.8 Å². The first-order valence-corrected chi connectivity index (χ1v) is 18.7. The minimum Gasteiger partial charge on any atom is -0.444 e. The lowest BCUT2D eigenvalue weighted by molar-refractivity contribution is -0.225. The molecule has 3 aliphatic heterocycles. The van der Waals surface area contributed by atoms with E-state index < -0.39 is 72.1 Å². The summed E-state index contributed by atoms with van der Waals surface area (Å²) < 4.78 is 29.9. The molecule has 6 N–H and O–H groups in total. The predicted molar refractivity (Wildman–Crippen MR) is 190 cm³/mol. The second-order valence-electron chi connectivity index (χ2n) is 14.3. The van der Waals surface area contributed by atoms with Crippen LogP contribution < -0.4 is 11.1 Å². The van der Waals surface area contributed by atoms with E-state index in [4.69, 9.17) is 19.9 Å². The van der Waals surface area contributed by atoms with Gasteiger partial charge in [0.25, 0.3) is 5.91 Å². The Morgan fingerprint density at radius 3 is 2.37 bits per heavy atom. The van der Waals surface area contributed by atoms with Gasteiger partial charge in [-0.05, 0) is 77.1 Å².